The van der Waals surface area contributed by atoms with Crippen molar-refractivity contribution in [1.82, 2.24) is 15.5 Å². The Bertz CT molecular complexity index is 537. The number of nitrogens with zero attached hydrogens (tertiary/aromatic N) is 3. The van der Waals surface area contributed by atoms with Crippen LogP contribution in [0.2, 0.25) is 0 Å². The molecule has 4 nitrogen and oxygen atoms in total. The zero-order valence-electron chi connectivity index (χ0n) is 9.36. The van der Waals surface area contributed by atoms with E-state index in [0.717, 1.165) is 41.6 Å². The molecule has 0 radical (unpaired) electrons. The molecule has 1 aliphatic heterocycles. The minimum atomic E-state index is 0.948. The summed E-state index contributed by atoms with van der Waals surface area (Å²) in [7, 11) is 0. The Morgan fingerprint density at radius 2 is 2.06 bits per heavy atom. The molecule has 0 aliphatic carbocycles. The summed E-state index contributed by atoms with van der Waals surface area (Å²) in [5.41, 5.74) is 2.13. The fourth-order valence-corrected chi connectivity index (χ4v) is 2.53. The SMILES string of the molecule is Brc1ccc2nncc(N3CCNCC3)c2c1. The van der Waals surface area contributed by atoms with Gasteiger partial charge in [0.1, 0.15) is 0 Å². The highest BCUT2D eigenvalue weighted by Crippen LogP contribution is 2.27. The second-order valence-corrected chi connectivity index (χ2v) is 5.04. The average molecular weight is 293 g/mol. The van der Waals surface area contributed by atoms with E-state index in [1.54, 1.807) is 0 Å². The lowest BCUT2D eigenvalue weighted by molar-refractivity contribution is 0.589. The Labute approximate surface area is 108 Å². The summed E-state index contributed by atoms with van der Waals surface area (Å²) < 4.78 is 1.08. The highest BCUT2D eigenvalue weighted by Gasteiger charge is 2.14. The summed E-state index contributed by atoms with van der Waals surface area (Å²) >= 11 is 3.51. The highest BCUT2D eigenvalue weighted by atomic mass is 79.9. The van der Waals surface area contributed by atoms with Crippen molar-refractivity contribution in [2.45, 2.75) is 0 Å². The van der Waals surface area contributed by atoms with Crippen LogP contribution in [-0.2, 0) is 0 Å². The van der Waals surface area contributed by atoms with Crippen molar-refractivity contribution >= 4 is 32.5 Å². The van der Waals surface area contributed by atoms with E-state index in [2.05, 4.69) is 42.4 Å². The van der Waals surface area contributed by atoms with Gasteiger partial charge in [-0.1, -0.05) is 15.9 Å². The number of aromatic nitrogens is 2. The molecule has 1 aliphatic rings. The van der Waals surface area contributed by atoms with Gasteiger partial charge in [-0.25, -0.2) is 0 Å². The fraction of sp³-hybridized carbons (Fsp3) is 0.333. The number of nitrogens with one attached hydrogen (secondary N) is 1. The lowest BCUT2D eigenvalue weighted by Gasteiger charge is -2.29. The van der Waals surface area contributed by atoms with Crippen LogP contribution < -0.4 is 10.2 Å². The summed E-state index contributed by atoms with van der Waals surface area (Å²) in [5.74, 6) is 0. The number of piperazine rings is 1. The van der Waals surface area contributed by atoms with Crippen LogP contribution in [0.5, 0.6) is 0 Å². The quantitative estimate of drug-likeness (QED) is 0.870. The number of anilines is 1. The van der Waals surface area contributed by atoms with Crippen LogP contribution in [-0.4, -0.2) is 36.4 Å². The van der Waals surface area contributed by atoms with Gasteiger partial charge in [0.2, 0.25) is 0 Å². The van der Waals surface area contributed by atoms with Crippen LogP contribution in [0.3, 0.4) is 0 Å². The highest BCUT2D eigenvalue weighted by molar-refractivity contribution is 9.10. The van der Waals surface area contributed by atoms with Crippen LogP contribution >= 0.6 is 15.9 Å². The lowest BCUT2D eigenvalue weighted by atomic mass is 10.2. The molecule has 0 saturated carbocycles. The van der Waals surface area contributed by atoms with E-state index in [9.17, 15) is 0 Å². The topological polar surface area (TPSA) is 41.1 Å². The number of hydrogen-bond acceptors (Lipinski definition) is 4. The summed E-state index contributed by atoms with van der Waals surface area (Å²) in [4.78, 5) is 2.36. The van der Waals surface area contributed by atoms with Gasteiger partial charge in [-0.2, -0.15) is 10.2 Å². The van der Waals surface area contributed by atoms with Crippen LogP contribution in [0.4, 0.5) is 5.69 Å². The molecule has 3 rings (SSSR count). The zero-order valence-corrected chi connectivity index (χ0v) is 10.9. The molecule has 17 heavy (non-hydrogen) atoms. The van der Waals surface area contributed by atoms with E-state index in [4.69, 9.17) is 0 Å². The van der Waals surface area contributed by atoms with Crippen molar-refractivity contribution in [1.29, 1.82) is 0 Å². The molecule has 0 bridgehead atoms. The molecule has 88 valence electrons. The summed E-state index contributed by atoms with van der Waals surface area (Å²) in [6.07, 6.45) is 1.86. The third-order valence-electron chi connectivity index (χ3n) is 3.04. The van der Waals surface area contributed by atoms with E-state index in [0.29, 0.717) is 0 Å². The van der Waals surface area contributed by atoms with Gasteiger partial charge in [-0.15, -0.1) is 0 Å². The third kappa shape index (κ3) is 2.12. The predicted octanol–water partition coefficient (Wildman–Crippen LogP) is 1.80. The first-order valence-corrected chi connectivity index (χ1v) is 6.50. The molecular formula is C12H13BrN4. The third-order valence-corrected chi connectivity index (χ3v) is 3.53. The van der Waals surface area contributed by atoms with Crippen molar-refractivity contribution in [3.63, 3.8) is 0 Å². The van der Waals surface area contributed by atoms with Gasteiger partial charge in [0.15, 0.2) is 0 Å². The van der Waals surface area contributed by atoms with Crippen LogP contribution in [0.25, 0.3) is 10.9 Å². The van der Waals surface area contributed by atoms with E-state index in [-0.39, 0.29) is 0 Å². The summed E-state index contributed by atoms with van der Waals surface area (Å²) in [5, 5.41) is 12.8. The van der Waals surface area contributed by atoms with Gasteiger partial charge in [0, 0.05) is 36.0 Å². The van der Waals surface area contributed by atoms with Gasteiger partial charge in [-0.05, 0) is 18.2 Å². The first-order valence-electron chi connectivity index (χ1n) is 5.71. The largest absolute Gasteiger partial charge is 0.367 e. The standard InChI is InChI=1S/C12H13BrN4/c13-9-1-2-11-10(7-9)12(8-15-16-11)17-5-3-14-4-6-17/h1-2,7-8,14H,3-6H2. The van der Waals surface area contributed by atoms with Gasteiger partial charge in [-0.3, -0.25) is 0 Å². The average Bonchev–Trinajstić information content (AvgIpc) is 2.39. The number of halogens is 1. The minimum absolute atomic E-state index is 0.948. The number of rotatable bonds is 1. The number of benzene rings is 1. The van der Waals surface area contributed by atoms with Gasteiger partial charge < -0.3 is 10.2 Å². The molecule has 2 aromatic rings. The van der Waals surface area contributed by atoms with Crippen molar-refractivity contribution in [2.24, 2.45) is 0 Å². The molecule has 1 aromatic carbocycles. The van der Waals surface area contributed by atoms with Crippen LogP contribution in [0.1, 0.15) is 0 Å². The van der Waals surface area contributed by atoms with E-state index >= 15 is 0 Å². The molecule has 1 aromatic heterocycles. The Hall–Kier alpha value is -1.20. The first-order chi connectivity index (χ1) is 8.34. The molecular weight excluding hydrogens is 280 g/mol. The zero-order chi connectivity index (χ0) is 11.7. The Kier molecular flexibility index (Phi) is 2.94. The van der Waals surface area contributed by atoms with Crippen LogP contribution in [0, 0.1) is 0 Å². The van der Waals surface area contributed by atoms with Crippen molar-refractivity contribution in [2.75, 3.05) is 31.1 Å². The summed E-state index contributed by atoms with van der Waals surface area (Å²) in [6.45, 7) is 4.09. The van der Waals surface area contributed by atoms with Gasteiger partial charge in [0.25, 0.3) is 0 Å². The normalized spacial score (nSPS) is 16.4. The van der Waals surface area contributed by atoms with E-state index in [1.807, 2.05) is 18.3 Å². The molecule has 5 heteroatoms. The molecule has 0 spiro atoms. The van der Waals surface area contributed by atoms with Crippen molar-refractivity contribution < 1.29 is 0 Å². The second-order valence-electron chi connectivity index (χ2n) is 4.13. The molecule has 0 atom stereocenters. The second kappa shape index (κ2) is 4.58. The van der Waals surface area contributed by atoms with Gasteiger partial charge in [0.05, 0.1) is 17.4 Å². The first kappa shape index (κ1) is 10.9. The molecule has 1 saturated heterocycles. The maximum Gasteiger partial charge on any atom is 0.0951 e. The smallest absolute Gasteiger partial charge is 0.0951 e. The fourth-order valence-electron chi connectivity index (χ4n) is 2.17. The molecule has 1 fully saturated rings. The Morgan fingerprint density at radius 3 is 2.88 bits per heavy atom. The summed E-state index contributed by atoms with van der Waals surface area (Å²) in [6, 6.07) is 6.11. The van der Waals surface area contributed by atoms with Crippen LogP contribution in [0.15, 0.2) is 28.9 Å². The monoisotopic (exact) mass is 292 g/mol. The predicted molar refractivity (Wildman–Crippen MR) is 72.3 cm³/mol. The molecule has 0 unspecified atom stereocenters. The molecule has 0 amide bonds. The lowest BCUT2D eigenvalue weighted by Crippen LogP contribution is -2.43. The van der Waals surface area contributed by atoms with E-state index in [1.165, 1.54) is 5.69 Å². The number of fused-ring (bicyclic) bond motifs is 1. The minimum Gasteiger partial charge on any atom is -0.367 e. The maximum atomic E-state index is 4.16. The van der Waals surface area contributed by atoms with E-state index < -0.39 is 0 Å². The van der Waals surface area contributed by atoms with Crippen molar-refractivity contribution in [3.8, 4) is 0 Å². The molecule has 2 heterocycles. The Balaban J connectivity index is 2.11. The number of hydrogen-bond donors (Lipinski definition) is 1. The maximum absolute atomic E-state index is 4.16. The van der Waals surface area contributed by atoms with Gasteiger partial charge >= 0.3 is 0 Å². The van der Waals surface area contributed by atoms with Crippen molar-refractivity contribution in [3.05, 3.63) is 28.9 Å². The molecule has 1 N–H and O–H groups in total. The Morgan fingerprint density at radius 1 is 1.24 bits per heavy atom.